The lowest BCUT2D eigenvalue weighted by molar-refractivity contribution is -0.154. The van der Waals surface area contributed by atoms with E-state index in [9.17, 15) is 4.79 Å². The number of rotatable bonds is 6. The predicted octanol–water partition coefficient (Wildman–Crippen LogP) is 4.47. The zero-order valence-electron chi connectivity index (χ0n) is 16.2. The largest absolute Gasteiger partial charge is 0.490 e. The molecule has 0 saturated heterocycles. The second kappa shape index (κ2) is 8.85. The highest BCUT2D eigenvalue weighted by Gasteiger charge is 2.30. The van der Waals surface area contributed by atoms with Crippen molar-refractivity contribution >= 4 is 17.5 Å². The lowest BCUT2D eigenvalue weighted by Gasteiger charge is -2.29. The summed E-state index contributed by atoms with van der Waals surface area (Å²) in [5.41, 5.74) is 9.07. The summed E-state index contributed by atoms with van der Waals surface area (Å²) in [7, 11) is 0. The molecule has 1 aromatic heterocycles. The van der Waals surface area contributed by atoms with Crippen LogP contribution in [0.3, 0.4) is 0 Å². The number of hydrogen-bond acceptors (Lipinski definition) is 6. The molecule has 2 atom stereocenters. The van der Waals surface area contributed by atoms with Crippen molar-refractivity contribution in [3.63, 3.8) is 0 Å². The Morgan fingerprint density at radius 2 is 2.04 bits per heavy atom. The van der Waals surface area contributed by atoms with Gasteiger partial charge in [0.2, 0.25) is 0 Å². The topological polar surface area (TPSA) is 74.4 Å². The van der Waals surface area contributed by atoms with Crippen LogP contribution in [-0.4, -0.2) is 22.6 Å². The van der Waals surface area contributed by atoms with Gasteiger partial charge in [-0.3, -0.25) is 4.79 Å². The summed E-state index contributed by atoms with van der Waals surface area (Å²) in [6, 6.07) is 8.07. The predicted molar refractivity (Wildman–Crippen MR) is 108 cm³/mol. The first-order valence-electron chi connectivity index (χ1n) is 9.60. The van der Waals surface area contributed by atoms with Crippen molar-refractivity contribution in [3.05, 3.63) is 35.5 Å². The number of benzene rings is 1. The first-order valence-corrected chi connectivity index (χ1v) is 10.4. The number of hydrogen-bond donors (Lipinski definition) is 1. The van der Waals surface area contributed by atoms with Gasteiger partial charge in [-0.05, 0) is 87.8 Å². The lowest BCUT2D eigenvalue weighted by atomic mass is 9.87. The summed E-state index contributed by atoms with van der Waals surface area (Å²) in [5, 5.41) is 0. The van der Waals surface area contributed by atoms with E-state index in [0.29, 0.717) is 6.54 Å². The normalized spacial score (nSPS) is 19.9. The van der Waals surface area contributed by atoms with Crippen molar-refractivity contribution < 1.29 is 14.3 Å². The molecule has 1 saturated carbocycles. The molecule has 0 radical (unpaired) electrons. The zero-order valence-corrected chi connectivity index (χ0v) is 17.1. The molecule has 1 fully saturated rings. The molecule has 0 unspecified atom stereocenters. The van der Waals surface area contributed by atoms with Gasteiger partial charge in [0.05, 0.1) is 28.7 Å². The molecule has 1 aromatic carbocycles. The van der Waals surface area contributed by atoms with E-state index >= 15 is 0 Å². The molecule has 1 aliphatic rings. The van der Waals surface area contributed by atoms with Crippen molar-refractivity contribution in [3.8, 4) is 16.2 Å². The summed E-state index contributed by atoms with van der Waals surface area (Å²) in [6.45, 7) is 6.25. The molecule has 5 nitrogen and oxygen atoms in total. The van der Waals surface area contributed by atoms with Gasteiger partial charge in [0.1, 0.15) is 5.75 Å². The number of aromatic nitrogens is 1. The van der Waals surface area contributed by atoms with E-state index < -0.39 is 0 Å². The highest BCUT2D eigenvalue weighted by atomic mass is 32.1. The van der Waals surface area contributed by atoms with Crippen LogP contribution in [0.4, 0.5) is 0 Å². The number of aryl methyl sites for hydroxylation is 1. The standard InChI is InChI=1S/C21H28N2O3S/c1-13(2)25-21(24)16-5-4-6-18(11-16)26-17-9-7-15(8-10-17)20-19(12-22)14(3)23-27-20/h7-10,13,16,18H,4-6,11-12,22H2,1-3H3/t16-,18-/m0/s1. The lowest BCUT2D eigenvalue weighted by Crippen LogP contribution is -2.31. The molecule has 6 heteroatoms. The van der Waals surface area contributed by atoms with Crippen LogP contribution in [0, 0.1) is 12.8 Å². The van der Waals surface area contributed by atoms with Crippen LogP contribution in [0.15, 0.2) is 24.3 Å². The minimum absolute atomic E-state index is 0.0552. The maximum Gasteiger partial charge on any atom is 0.309 e. The molecule has 146 valence electrons. The second-order valence-electron chi connectivity index (χ2n) is 7.39. The average Bonchev–Trinajstić information content (AvgIpc) is 3.02. The molecule has 2 aromatic rings. The van der Waals surface area contributed by atoms with Gasteiger partial charge in [-0.2, -0.15) is 4.37 Å². The number of nitrogens with two attached hydrogens (primary N) is 1. The van der Waals surface area contributed by atoms with Crippen LogP contribution in [0.1, 0.15) is 50.8 Å². The third kappa shape index (κ3) is 4.87. The molecule has 27 heavy (non-hydrogen) atoms. The number of carbonyl (C=O) groups excluding carboxylic acids is 1. The summed E-state index contributed by atoms with van der Waals surface area (Å²) < 4.78 is 15.9. The molecule has 0 aliphatic heterocycles. The third-order valence-electron chi connectivity index (χ3n) is 4.92. The number of ether oxygens (including phenoxy) is 2. The van der Waals surface area contributed by atoms with E-state index in [2.05, 4.69) is 16.5 Å². The maximum absolute atomic E-state index is 12.2. The van der Waals surface area contributed by atoms with Crippen molar-refractivity contribution in [2.45, 2.75) is 65.2 Å². The van der Waals surface area contributed by atoms with Crippen LogP contribution in [0.25, 0.3) is 10.4 Å². The first kappa shape index (κ1) is 19.8. The Balaban J connectivity index is 1.63. The highest BCUT2D eigenvalue weighted by molar-refractivity contribution is 7.09. The molecule has 0 spiro atoms. The van der Waals surface area contributed by atoms with Gasteiger partial charge < -0.3 is 15.2 Å². The van der Waals surface area contributed by atoms with Crippen molar-refractivity contribution in [2.24, 2.45) is 11.7 Å². The first-order chi connectivity index (χ1) is 13.0. The van der Waals surface area contributed by atoms with Crippen LogP contribution in [-0.2, 0) is 16.1 Å². The maximum atomic E-state index is 12.2. The third-order valence-corrected chi connectivity index (χ3v) is 5.95. The zero-order chi connectivity index (χ0) is 19.4. The summed E-state index contributed by atoms with van der Waals surface area (Å²) in [4.78, 5) is 13.3. The van der Waals surface area contributed by atoms with Gasteiger partial charge in [-0.15, -0.1) is 0 Å². The van der Waals surface area contributed by atoms with E-state index in [1.807, 2.05) is 32.9 Å². The fraction of sp³-hybridized carbons (Fsp3) is 0.524. The van der Waals surface area contributed by atoms with Gasteiger partial charge in [0.25, 0.3) is 0 Å². The van der Waals surface area contributed by atoms with E-state index in [1.54, 1.807) is 0 Å². The van der Waals surface area contributed by atoms with Crippen molar-refractivity contribution in [1.82, 2.24) is 4.37 Å². The van der Waals surface area contributed by atoms with E-state index in [4.69, 9.17) is 15.2 Å². The molecule has 2 N–H and O–H groups in total. The number of carbonyl (C=O) groups is 1. The van der Waals surface area contributed by atoms with Gasteiger partial charge in [-0.25, -0.2) is 0 Å². The molecule has 0 amide bonds. The van der Waals surface area contributed by atoms with Crippen molar-refractivity contribution in [1.29, 1.82) is 0 Å². The van der Waals surface area contributed by atoms with Crippen LogP contribution >= 0.6 is 11.5 Å². The average molecular weight is 389 g/mol. The minimum atomic E-state index is -0.0940. The number of nitrogens with zero attached hydrogens (tertiary/aromatic N) is 1. The molecule has 1 heterocycles. The Labute approximate surface area is 165 Å². The SMILES string of the molecule is Cc1nsc(-c2ccc(O[C@H]3CCC[C@H](C(=O)OC(C)C)C3)cc2)c1CN. The van der Waals surface area contributed by atoms with Crippen LogP contribution in [0.5, 0.6) is 5.75 Å². The van der Waals surface area contributed by atoms with Gasteiger partial charge in [0.15, 0.2) is 0 Å². The summed E-state index contributed by atoms with van der Waals surface area (Å²) in [5.74, 6) is 0.679. The number of esters is 1. The Bertz CT molecular complexity index is 770. The van der Waals surface area contributed by atoms with Gasteiger partial charge in [-0.1, -0.05) is 0 Å². The monoisotopic (exact) mass is 388 g/mol. The Morgan fingerprint density at radius 1 is 1.30 bits per heavy atom. The quantitative estimate of drug-likeness (QED) is 0.739. The minimum Gasteiger partial charge on any atom is -0.490 e. The highest BCUT2D eigenvalue weighted by Crippen LogP contribution is 2.33. The summed E-state index contributed by atoms with van der Waals surface area (Å²) in [6.07, 6.45) is 3.55. The van der Waals surface area contributed by atoms with Gasteiger partial charge >= 0.3 is 5.97 Å². The molecule has 0 bridgehead atoms. The van der Waals surface area contributed by atoms with E-state index in [1.165, 1.54) is 11.5 Å². The molecular weight excluding hydrogens is 360 g/mol. The molecular formula is C21H28N2O3S. The fourth-order valence-corrected chi connectivity index (χ4v) is 4.45. The van der Waals surface area contributed by atoms with Crippen LogP contribution < -0.4 is 10.5 Å². The van der Waals surface area contributed by atoms with Crippen molar-refractivity contribution in [2.75, 3.05) is 0 Å². The Morgan fingerprint density at radius 3 is 2.70 bits per heavy atom. The Hall–Kier alpha value is -1.92. The smallest absolute Gasteiger partial charge is 0.309 e. The van der Waals surface area contributed by atoms with E-state index in [-0.39, 0.29) is 24.1 Å². The van der Waals surface area contributed by atoms with E-state index in [0.717, 1.165) is 53.1 Å². The molecule has 1 aliphatic carbocycles. The molecule has 3 rings (SSSR count). The Kier molecular flexibility index (Phi) is 6.50. The summed E-state index contributed by atoms with van der Waals surface area (Å²) >= 11 is 1.48. The van der Waals surface area contributed by atoms with Crippen LogP contribution in [0.2, 0.25) is 0 Å². The fourth-order valence-electron chi connectivity index (χ4n) is 3.53. The van der Waals surface area contributed by atoms with Gasteiger partial charge in [0, 0.05) is 12.1 Å². The second-order valence-corrected chi connectivity index (χ2v) is 8.17.